The number of benzene rings is 1. The van der Waals surface area contributed by atoms with E-state index in [-0.39, 0.29) is 47.6 Å². The molecule has 142 valence electrons. The number of halogens is 2. The van der Waals surface area contributed by atoms with Crippen LogP contribution in [0.1, 0.15) is 25.0 Å². The van der Waals surface area contributed by atoms with Gasteiger partial charge in [-0.05, 0) is 31.0 Å². The van der Waals surface area contributed by atoms with E-state index in [4.69, 9.17) is 16.3 Å². The Hall–Kier alpha value is -0.580. The number of guanidine groups is 1. The Kier molecular flexibility index (Phi) is 9.47. The van der Waals surface area contributed by atoms with Crippen LogP contribution in [0.15, 0.2) is 29.3 Å². The Morgan fingerprint density at radius 1 is 1.48 bits per heavy atom. The van der Waals surface area contributed by atoms with Gasteiger partial charge in [0.1, 0.15) is 6.10 Å². The zero-order chi connectivity index (χ0) is 17.6. The number of rotatable bonds is 6. The number of aliphatic imine (C=N–C) groups is 1. The van der Waals surface area contributed by atoms with Crippen molar-refractivity contribution in [3.05, 3.63) is 34.9 Å². The number of nitrogens with one attached hydrogen (secondary N) is 2. The first kappa shape index (κ1) is 22.5. The largest absolute Gasteiger partial charge is 0.375 e. The van der Waals surface area contributed by atoms with Crippen LogP contribution in [0.2, 0.25) is 5.02 Å². The van der Waals surface area contributed by atoms with Crippen molar-refractivity contribution in [2.45, 2.75) is 25.5 Å². The summed E-state index contributed by atoms with van der Waals surface area (Å²) >= 11 is 6.03. The van der Waals surface area contributed by atoms with Gasteiger partial charge in [-0.1, -0.05) is 23.7 Å². The van der Waals surface area contributed by atoms with Crippen LogP contribution in [-0.4, -0.2) is 52.1 Å². The molecule has 1 aliphatic heterocycles. The molecule has 1 aliphatic rings. The van der Waals surface area contributed by atoms with Gasteiger partial charge in [0.05, 0.1) is 18.1 Å². The van der Waals surface area contributed by atoms with E-state index >= 15 is 0 Å². The standard InChI is InChI=1S/C16H24ClN3O3S.HI/c1-3-18-16(20-14-7-8-24(21,22)11-14)19-10-15(23-2)12-5-4-6-13(17)9-12;/h4-6,9,14-15H,3,7-8,10-11H2,1-2H3,(H2,18,19,20);1H. The lowest BCUT2D eigenvalue weighted by atomic mass is 10.1. The van der Waals surface area contributed by atoms with Gasteiger partial charge in [0.15, 0.2) is 15.8 Å². The first-order valence-electron chi connectivity index (χ1n) is 7.97. The fraction of sp³-hybridized carbons (Fsp3) is 0.562. The van der Waals surface area contributed by atoms with Crippen molar-refractivity contribution in [1.82, 2.24) is 10.6 Å². The number of nitrogens with zero attached hydrogens (tertiary/aromatic N) is 1. The summed E-state index contributed by atoms with van der Waals surface area (Å²) in [7, 11) is -1.29. The van der Waals surface area contributed by atoms with Crippen LogP contribution >= 0.6 is 35.6 Å². The fourth-order valence-electron chi connectivity index (χ4n) is 2.62. The molecule has 1 aromatic rings. The molecule has 6 nitrogen and oxygen atoms in total. The van der Waals surface area contributed by atoms with Gasteiger partial charge in [-0.15, -0.1) is 24.0 Å². The van der Waals surface area contributed by atoms with E-state index < -0.39 is 9.84 Å². The second-order valence-corrected chi connectivity index (χ2v) is 8.41. The topological polar surface area (TPSA) is 79.8 Å². The molecule has 0 aromatic heterocycles. The second kappa shape index (κ2) is 10.5. The molecule has 1 fully saturated rings. The maximum atomic E-state index is 11.6. The first-order valence-corrected chi connectivity index (χ1v) is 10.2. The number of methoxy groups -OCH3 is 1. The summed E-state index contributed by atoms with van der Waals surface area (Å²) in [5.74, 6) is 0.982. The lowest BCUT2D eigenvalue weighted by Gasteiger charge is -2.18. The quantitative estimate of drug-likeness (QED) is 0.355. The summed E-state index contributed by atoms with van der Waals surface area (Å²) in [5.41, 5.74) is 0.952. The Morgan fingerprint density at radius 2 is 2.24 bits per heavy atom. The van der Waals surface area contributed by atoms with Crippen LogP contribution in [0, 0.1) is 0 Å². The number of hydrogen-bond acceptors (Lipinski definition) is 4. The monoisotopic (exact) mass is 501 g/mol. The Balaban J connectivity index is 0.00000312. The lowest BCUT2D eigenvalue weighted by molar-refractivity contribution is 0.111. The van der Waals surface area contributed by atoms with Crippen LogP contribution in [0.5, 0.6) is 0 Å². The molecule has 1 heterocycles. The number of ether oxygens (including phenoxy) is 1. The van der Waals surface area contributed by atoms with Crippen molar-refractivity contribution in [2.75, 3.05) is 31.7 Å². The molecule has 1 aromatic carbocycles. The lowest BCUT2D eigenvalue weighted by Crippen LogP contribution is -2.44. The number of sulfone groups is 1. The number of hydrogen-bond donors (Lipinski definition) is 2. The Bertz CT molecular complexity index is 685. The highest BCUT2D eigenvalue weighted by Crippen LogP contribution is 2.20. The first-order chi connectivity index (χ1) is 11.4. The van der Waals surface area contributed by atoms with Crippen LogP contribution in [0.25, 0.3) is 0 Å². The van der Waals surface area contributed by atoms with Crippen LogP contribution in [-0.2, 0) is 14.6 Å². The van der Waals surface area contributed by atoms with Gasteiger partial charge in [-0.3, -0.25) is 4.99 Å². The molecule has 0 spiro atoms. The van der Waals surface area contributed by atoms with Crippen molar-refractivity contribution in [3.8, 4) is 0 Å². The molecule has 2 rings (SSSR count). The molecule has 0 amide bonds. The molecule has 25 heavy (non-hydrogen) atoms. The van der Waals surface area contributed by atoms with Crippen molar-refractivity contribution in [1.29, 1.82) is 0 Å². The molecule has 2 atom stereocenters. The summed E-state index contributed by atoms with van der Waals surface area (Å²) in [6.07, 6.45) is 0.390. The minimum absolute atomic E-state index is 0. The summed E-state index contributed by atoms with van der Waals surface area (Å²) in [4.78, 5) is 4.53. The van der Waals surface area contributed by atoms with Crippen LogP contribution in [0.3, 0.4) is 0 Å². The minimum atomic E-state index is -2.92. The van der Waals surface area contributed by atoms with E-state index in [1.165, 1.54) is 0 Å². The highest BCUT2D eigenvalue weighted by Gasteiger charge is 2.28. The normalized spacial score (nSPS) is 20.6. The maximum Gasteiger partial charge on any atom is 0.191 e. The van der Waals surface area contributed by atoms with Gasteiger partial charge in [-0.2, -0.15) is 0 Å². The molecule has 0 saturated carbocycles. The third-order valence-corrected chi connectivity index (χ3v) is 5.84. The predicted octanol–water partition coefficient (Wildman–Crippen LogP) is 2.39. The van der Waals surface area contributed by atoms with Crippen molar-refractivity contribution in [3.63, 3.8) is 0 Å². The Labute approximate surface area is 171 Å². The van der Waals surface area contributed by atoms with E-state index in [1.54, 1.807) is 7.11 Å². The third-order valence-electron chi connectivity index (χ3n) is 3.84. The second-order valence-electron chi connectivity index (χ2n) is 5.74. The highest BCUT2D eigenvalue weighted by atomic mass is 127. The highest BCUT2D eigenvalue weighted by molar-refractivity contribution is 14.0. The smallest absolute Gasteiger partial charge is 0.191 e. The summed E-state index contributed by atoms with van der Waals surface area (Å²) in [5, 5.41) is 6.99. The third kappa shape index (κ3) is 7.28. The molecular formula is C16H25ClIN3O3S. The van der Waals surface area contributed by atoms with Gasteiger partial charge < -0.3 is 15.4 Å². The van der Waals surface area contributed by atoms with E-state index in [0.29, 0.717) is 30.5 Å². The van der Waals surface area contributed by atoms with E-state index in [2.05, 4.69) is 15.6 Å². The minimum Gasteiger partial charge on any atom is -0.375 e. The van der Waals surface area contributed by atoms with Crippen molar-refractivity contribution >= 4 is 51.4 Å². The van der Waals surface area contributed by atoms with Gasteiger partial charge in [-0.25, -0.2) is 8.42 Å². The average Bonchev–Trinajstić information content (AvgIpc) is 2.87. The molecule has 0 radical (unpaired) electrons. The molecular weight excluding hydrogens is 477 g/mol. The van der Waals surface area contributed by atoms with Gasteiger partial charge in [0.2, 0.25) is 0 Å². The van der Waals surface area contributed by atoms with Crippen LogP contribution < -0.4 is 10.6 Å². The van der Waals surface area contributed by atoms with E-state index in [9.17, 15) is 8.42 Å². The molecule has 0 aliphatic carbocycles. The van der Waals surface area contributed by atoms with Gasteiger partial charge in [0.25, 0.3) is 0 Å². The Morgan fingerprint density at radius 3 is 2.80 bits per heavy atom. The van der Waals surface area contributed by atoms with E-state index in [0.717, 1.165) is 5.56 Å². The molecule has 2 unspecified atom stereocenters. The zero-order valence-corrected chi connectivity index (χ0v) is 18.3. The fourth-order valence-corrected chi connectivity index (χ4v) is 4.49. The summed E-state index contributed by atoms with van der Waals surface area (Å²) < 4.78 is 28.7. The van der Waals surface area contributed by atoms with Gasteiger partial charge >= 0.3 is 0 Å². The molecule has 9 heteroatoms. The molecule has 2 N–H and O–H groups in total. The maximum absolute atomic E-state index is 11.6. The SMILES string of the molecule is CCNC(=NCC(OC)c1cccc(Cl)c1)NC1CCS(=O)(=O)C1.I. The van der Waals surface area contributed by atoms with Crippen molar-refractivity contribution < 1.29 is 13.2 Å². The van der Waals surface area contributed by atoms with Crippen LogP contribution in [0.4, 0.5) is 0 Å². The average molecular weight is 502 g/mol. The van der Waals surface area contributed by atoms with Crippen molar-refractivity contribution in [2.24, 2.45) is 4.99 Å². The van der Waals surface area contributed by atoms with E-state index in [1.807, 2.05) is 31.2 Å². The van der Waals surface area contributed by atoms with Gasteiger partial charge in [0, 0.05) is 24.7 Å². The molecule has 1 saturated heterocycles. The zero-order valence-electron chi connectivity index (χ0n) is 14.4. The summed E-state index contributed by atoms with van der Waals surface area (Å²) in [6.45, 7) is 3.07. The summed E-state index contributed by atoms with van der Waals surface area (Å²) in [6, 6.07) is 7.39. The molecule has 0 bridgehead atoms. The predicted molar refractivity (Wildman–Crippen MR) is 113 cm³/mol.